The highest BCUT2D eigenvalue weighted by Crippen LogP contribution is 2.09. The molecule has 1 fully saturated rings. The first-order valence-corrected chi connectivity index (χ1v) is 12.9. The normalized spacial score (nSPS) is 17.9. The highest BCUT2D eigenvalue weighted by atomic mass is 32.2. The molecule has 1 aliphatic rings. The lowest BCUT2D eigenvalue weighted by molar-refractivity contribution is -0.142. The number of carboxylic acids is 1. The molecule has 4 amide bonds. The van der Waals surface area contributed by atoms with Gasteiger partial charge in [-0.1, -0.05) is 0 Å². The van der Waals surface area contributed by atoms with Gasteiger partial charge in [0.1, 0.15) is 18.1 Å². The molecular formula is C21H38N6O6S. The minimum Gasteiger partial charge on any atom is -0.480 e. The van der Waals surface area contributed by atoms with Crippen LogP contribution in [0.4, 0.5) is 0 Å². The van der Waals surface area contributed by atoms with E-state index in [0.717, 1.165) is 6.42 Å². The predicted octanol–water partition coefficient (Wildman–Crippen LogP) is -1.57. The van der Waals surface area contributed by atoms with E-state index in [0.29, 0.717) is 38.1 Å². The van der Waals surface area contributed by atoms with Crippen LogP contribution < -0.4 is 32.7 Å². The zero-order valence-corrected chi connectivity index (χ0v) is 20.5. The summed E-state index contributed by atoms with van der Waals surface area (Å²) in [5.41, 5.74) is 10.8. The van der Waals surface area contributed by atoms with Gasteiger partial charge in [0.25, 0.3) is 0 Å². The van der Waals surface area contributed by atoms with Crippen molar-refractivity contribution in [1.29, 1.82) is 0 Å². The van der Waals surface area contributed by atoms with E-state index in [4.69, 9.17) is 11.5 Å². The van der Waals surface area contributed by atoms with Crippen LogP contribution in [0.2, 0.25) is 0 Å². The average molecular weight is 503 g/mol. The molecule has 0 aromatic rings. The highest BCUT2D eigenvalue weighted by Gasteiger charge is 2.31. The number of amides is 4. The number of rotatable bonds is 17. The molecule has 1 rings (SSSR count). The molecule has 0 spiro atoms. The number of aliphatic carboxylic acids is 1. The first-order valence-electron chi connectivity index (χ1n) is 11.5. The summed E-state index contributed by atoms with van der Waals surface area (Å²) < 4.78 is 0. The Balaban J connectivity index is 2.91. The van der Waals surface area contributed by atoms with Crippen molar-refractivity contribution < 1.29 is 29.1 Å². The van der Waals surface area contributed by atoms with Gasteiger partial charge < -0.3 is 37.8 Å². The fourth-order valence-corrected chi connectivity index (χ4v) is 4.01. The maximum atomic E-state index is 13.0. The van der Waals surface area contributed by atoms with Crippen molar-refractivity contribution in [1.82, 2.24) is 21.3 Å². The number of nitrogens with two attached hydrogens (primary N) is 2. The fourth-order valence-electron chi connectivity index (χ4n) is 3.54. The Morgan fingerprint density at radius 3 is 2.18 bits per heavy atom. The van der Waals surface area contributed by atoms with Crippen molar-refractivity contribution in [2.24, 2.45) is 11.5 Å². The maximum absolute atomic E-state index is 13.0. The lowest BCUT2D eigenvalue weighted by Crippen LogP contribution is -2.57. The Morgan fingerprint density at radius 2 is 1.65 bits per heavy atom. The molecule has 9 N–H and O–H groups in total. The third-order valence-corrected chi connectivity index (χ3v) is 6.14. The monoisotopic (exact) mass is 502 g/mol. The van der Waals surface area contributed by atoms with Gasteiger partial charge in [0.15, 0.2) is 0 Å². The SMILES string of the molecule is CSCCC(NC(=O)C(CCCCN)NC(=O)C(CCC(N)=O)NC(=O)C1CCCN1)C(=O)O. The summed E-state index contributed by atoms with van der Waals surface area (Å²) >= 11 is 1.46. The lowest BCUT2D eigenvalue weighted by Gasteiger charge is -2.25. The molecule has 4 atom stereocenters. The molecule has 12 nitrogen and oxygen atoms in total. The first-order chi connectivity index (χ1) is 16.2. The molecule has 4 unspecified atom stereocenters. The molecule has 0 radical (unpaired) electrons. The van der Waals surface area contributed by atoms with Crippen LogP contribution in [-0.2, 0) is 24.0 Å². The van der Waals surface area contributed by atoms with Crippen LogP contribution in [0, 0.1) is 0 Å². The number of carbonyl (C=O) groups excluding carboxylic acids is 4. The molecular weight excluding hydrogens is 464 g/mol. The summed E-state index contributed by atoms with van der Waals surface area (Å²) in [5, 5.41) is 20.2. The van der Waals surface area contributed by atoms with Crippen LogP contribution >= 0.6 is 11.8 Å². The van der Waals surface area contributed by atoms with Crippen molar-refractivity contribution in [3.63, 3.8) is 0 Å². The van der Waals surface area contributed by atoms with Gasteiger partial charge in [0.05, 0.1) is 6.04 Å². The quantitative estimate of drug-likeness (QED) is 0.114. The van der Waals surface area contributed by atoms with Crippen molar-refractivity contribution in [2.75, 3.05) is 25.1 Å². The van der Waals surface area contributed by atoms with Crippen molar-refractivity contribution in [3.8, 4) is 0 Å². The van der Waals surface area contributed by atoms with Gasteiger partial charge in [0, 0.05) is 6.42 Å². The standard InChI is InChI=1S/C21H38N6O6S/c1-34-12-9-16(21(32)33)27-19(30)14(5-2-3-10-22)25-20(31)15(7-8-17(23)28)26-18(29)13-6-4-11-24-13/h13-16,24H,2-12,22H2,1H3,(H2,23,28)(H,25,31)(H,26,29)(H,27,30)(H,32,33). The van der Waals surface area contributed by atoms with Crippen LogP contribution in [0.1, 0.15) is 51.4 Å². The Morgan fingerprint density at radius 1 is 1.00 bits per heavy atom. The maximum Gasteiger partial charge on any atom is 0.326 e. The van der Waals surface area contributed by atoms with E-state index in [2.05, 4.69) is 21.3 Å². The highest BCUT2D eigenvalue weighted by molar-refractivity contribution is 7.98. The van der Waals surface area contributed by atoms with Gasteiger partial charge in [0.2, 0.25) is 23.6 Å². The van der Waals surface area contributed by atoms with Crippen molar-refractivity contribution in [3.05, 3.63) is 0 Å². The van der Waals surface area contributed by atoms with Crippen LogP contribution in [0.25, 0.3) is 0 Å². The third kappa shape index (κ3) is 11.2. The van der Waals surface area contributed by atoms with Gasteiger partial charge in [-0.2, -0.15) is 11.8 Å². The van der Waals surface area contributed by atoms with Gasteiger partial charge in [-0.3, -0.25) is 19.2 Å². The zero-order chi connectivity index (χ0) is 25.5. The Bertz CT molecular complexity index is 703. The smallest absolute Gasteiger partial charge is 0.326 e. The number of nitrogens with one attached hydrogen (secondary N) is 4. The summed E-state index contributed by atoms with van der Waals surface area (Å²) in [6.45, 7) is 1.10. The predicted molar refractivity (Wildman–Crippen MR) is 129 cm³/mol. The third-order valence-electron chi connectivity index (χ3n) is 5.49. The van der Waals surface area contributed by atoms with E-state index in [1.165, 1.54) is 11.8 Å². The number of hydrogen-bond donors (Lipinski definition) is 7. The van der Waals surface area contributed by atoms with Crippen LogP contribution in [0.3, 0.4) is 0 Å². The van der Waals surface area contributed by atoms with E-state index in [9.17, 15) is 29.1 Å². The van der Waals surface area contributed by atoms with Crippen molar-refractivity contribution >= 4 is 41.4 Å². The van der Waals surface area contributed by atoms with E-state index in [1.807, 2.05) is 6.26 Å². The summed E-state index contributed by atoms with van der Waals surface area (Å²) in [7, 11) is 0. The minimum absolute atomic E-state index is 0.0256. The second-order valence-corrected chi connectivity index (χ2v) is 9.23. The van der Waals surface area contributed by atoms with Gasteiger partial charge in [-0.05, 0) is 70.0 Å². The van der Waals surface area contributed by atoms with E-state index >= 15 is 0 Å². The Kier molecular flexibility index (Phi) is 14.2. The summed E-state index contributed by atoms with van der Waals surface area (Å²) in [6, 6.07) is -3.61. The number of primary amides is 1. The van der Waals surface area contributed by atoms with Crippen molar-refractivity contribution in [2.45, 2.75) is 75.5 Å². The number of carboxylic acid groups (broad SMARTS) is 1. The zero-order valence-electron chi connectivity index (χ0n) is 19.6. The lowest BCUT2D eigenvalue weighted by atomic mass is 10.0. The summed E-state index contributed by atoms with van der Waals surface area (Å²) in [6.07, 6.45) is 4.76. The molecule has 1 aliphatic heterocycles. The number of unbranched alkanes of at least 4 members (excludes halogenated alkanes) is 1. The second-order valence-electron chi connectivity index (χ2n) is 8.24. The average Bonchev–Trinajstić information content (AvgIpc) is 3.33. The van der Waals surface area contributed by atoms with Crippen LogP contribution in [0.15, 0.2) is 0 Å². The molecule has 194 valence electrons. The van der Waals surface area contributed by atoms with Gasteiger partial charge in [-0.25, -0.2) is 4.79 Å². The fraction of sp³-hybridized carbons (Fsp3) is 0.762. The van der Waals surface area contributed by atoms with E-state index < -0.39 is 47.9 Å². The van der Waals surface area contributed by atoms with Gasteiger partial charge >= 0.3 is 5.97 Å². The minimum atomic E-state index is -1.16. The molecule has 1 saturated heterocycles. The molecule has 0 aliphatic carbocycles. The Hall–Kier alpha value is -2.38. The van der Waals surface area contributed by atoms with Crippen LogP contribution in [-0.4, -0.2) is 84.0 Å². The van der Waals surface area contributed by atoms with E-state index in [-0.39, 0.29) is 31.6 Å². The summed E-state index contributed by atoms with van der Waals surface area (Å²) in [5.74, 6) is -2.88. The van der Waals surface area contributed by atoms with Gasteiger partial charge in [-0.15, -0.1) is 0 Å². The number of hydrogen-bond acceptors (Lipinski definition) is 8. The molecule has 0 aromatic heterocycles. The second kappa shape index (κ2) is 16.3. The largest absolute Gasteiger partial charge is 0.480 e. The molecule has 0 bridgehead atoms. The molecule has 1 heterocycles. The molecule has 13 heteroatoms. The molecule has 0 saturated carbocycles. The number of carbonyl (C=O) groups is 5. The van der Waals surface area contributed by atoms with E-state index in [1.54, 1.807) is 0 Å². The van der Waals surface area contributed by atoms with Crippen LogP contribution in [0.5, 0.6) is 0 Å². The topological polar surface area (TPSA) is 206 Å². The Labute approximate surface area is 204 Å². The molecule has 0 aromatic carbocycles. The first kappa shape index (κ1) is 29.7. The molecule has 34 heavy (non-hydrogen) atoms. The number of thioether (sulfide) groups is 1. The summed E-state index contributed by atoms with van der Waals surface area (Å²) in [4.78, 5) is 61.2.